The van der Waals surface area contributed by atoms with Gasteiger partial charge in [-0.15, -0.1) is 0 Å². The number of nitrogens with two attached hydrogens (primary N) is 1. The highest BCUT2D eigenvalue weighted by molar-refractivity contribution is 5.43. The third kappa shape index (κ3) is 5.51. The van der Waals surface area contributed by atoms with Crippen LogP contribution in [0.15, 0.2) is 12.1 Å². The van der Waals surface area contributed by atoms with Crippen LogP contribution in [-0.4, -0.2) is 25.9 Å². The van der Waals surface area contributed by atoms with Crippen LogP contribution >= 0.6 is 0 Å². The zero-order valence-electron chi connectivity index (χ0n) is 13.4. The highest BCUT2D eigenvalue weighted by atomic mass is 16.5. The molecule has 0 aliphatic rings. The van der Waals surface area contributed by atoms with Crippen LogP contribution in [0.1, 0.15) is 43.4 Å². The molecule has 3 heteroatoms. The van der Waals surface area contributed by atoms with Crippen molar-refractivity contribution in [3.63, 3.8) is 0 Å². The maximum atomic E-state index is 6.02. The van der Waals surface area contributed by atoms with Gasteiger partial charge in [-0.3, -0.25) is 0 Å². The largest absolute Gasteiger partial charge is 0.491 e. The van der Waals surface area contributed by atoms with Gasteiger partial charge in [-0.2, -0.15) is 0 Å². The summed E-state index contributed by atoms with van der Waals surface area (Å²) in [4.78, 5) is 0. The standard InChI is InChI=1S/C17H29NO2/c1-5-7-19-8-9-20-17-13(3)10-15(11-14(17)4)12-16(18)6-2/h10-11,16H,5-9,12,18H2,1-4H3. The number of rotatable bonds is 9. The van der Waals surface area contributed by atoms with E-state index in [1.807, 2.05) is 0 Å². The predicted molar refractivity (Wildman–Crippen MR) is 84.5 cm³/mol. The van der Waals surface area contributed by atoms with E-state index in [1.54, 1.807) is 0 Å². The van der Waals surface area contributed by atoms with Crippen LogP contribution in [-0.2, 0) is 11.2 Å². The van der Waals surface area contributed by atoms with Crippen LogP contribution in [0.25, 0.3) is 0 Å². The van der Waals surface area contributed by atoms with Crippen LogP contribution in [0.5, 0.6) is 5.75 Å². The first-order chi connectivity index (χ1) is 9.58. The molecule has 1 atom stereocenters. The van der Waals surface area contributed by atoms with Crippen molar-refractivity contribution >= 4 is 0 Å². The van der Waals surface area contributed by atoms with Gasteiger partial charge >= 0.3 is 0 Å². The van der Waals surface area contributed by atoms with E-state index in [0.717, 1.165) is 31.6 Å². The van der Waals surface area contributed by atoms with Gasteiger partial charge in [0.15, 0.2) is 0 Å². The molecule has 0 aliphatic heterocycles. The molecule has 0 fully saturated rings. The molecule has 1 aromatic rings. The highest BCUT2D eigenvalue weighted by Gasteiger charge is 2.08. The van der Waals surface area contributed by atoms with Crippen molar-refractivity contribution < 1.29 is 9.47 Å². The molecule has 114 valence electrons. The van der Waals surface area contributed by atoms with Gasteiger partial charge in [0.25, 0.3) is 0 Å². The van der Waals surface area contributed by atoms with E-state index < -0.39 is 0 Å². The Morgan fingerprint density at radius 3 is 2.25 bits per heavy atom. The highest BCUT2D eigenvalue weighted by Crippen LogP contribution is 2.25. The fourth-order valence-corrected chi connectivity index (χ4v) is 2.28. The van der Waals surface area contributed by atoms with Crippen LogP contribution in [0.4, 0.5) is 0 Å². The molecule has 1 unspecified atom stereocenters. The molecule has 0 radical (unpaired) electrons. The molecule has 0 aliphatic carbocycles. The van der Waals surface area contributed by atoms with Crippen molar-refractivity contribution in [3.05, 3.63) is 28.8 Å². The quantitative estimate of drug-likeness (QED) is 0.705. The smallest absolute Gasteiger partial charge is 0.125 e. The molecule has 0 heterocycles. The van der Waals surface area contributed by atoms with Crippen molar-refractivity contribution in [1.82, 2.24) is 0 Å². The summed E-state index contributed by atoms with van der Waals surface area (Å²) in [6, 6.07) is 4.61. The summed E-state index contributed by atoms with van der Waals surface area (Å²) in [6.45, 7) is 10.5. The lowest BCUT2D eigenvalue weighted by molar-refractivity contribution is 0.100. The van der Waals surface area contributed by atoms with Crippen LogP contribution in [0.2, 0.25) is 0 Å². The summed E-state index contributed by atoms with van der Waals surface area (Å²) in [5.74, 6) is 0.985. The molecule has 0 bridgehead atoms. The SMILES string of the molecule is CCCOCCOc1c(C)cc(CC(N)CC)cc1C. The second-order valence-electron chi connectivity index (χ2n) is 5.39. The molecule has 0 amide bonds. The van der Waals surface area contributed by atoms with Gasteiger partial charge in [0, 0.05) is 12.6 Å². The Bertz CT molecular complexity index is 381. The van der Waals surface area contributed by atoms with Gasteiger partial charge in [-0.25, -0.2) is 0 Å². The molecule has 0 saturated carbocycles. The topological polar surface area (TPSA) is 44.5 Å². The van der Waals surface area contributed by atoms with Gasteiger partial charge in [0.1, 0.15) is 12.4 Å². The van der Waals surface area contributed by atoms with Crippen LogP contribution < -0.4 is 10.5 Å². The number of hydrogen-bond acceptors (Lipinski definition) is 3. The summed E-state index contributed by atoms with van der Waals surface area (Å²) < 4.78 is 11.3. The molecular formula is C17H29NO2. The van der Waals surface area contributed by atoms with E-state index in [2.05, 4.69) is 39.8 Å². The molecule has 3 nitrogen and oxygen atoms in total. The molecule has 0 aromatic heterocycles. The normalized spacial score (nSPS) is 12.4. The third-order valence-electron chi connectivity index (χ3n) is 3.36. The first-order valence-corrected chi connectivity index (χ1v) is 7.64. The number of aryl methyl sites for hydroxylation is 2. The minimum Gasteiger partial charge on any atom is -0.491 e. The van der Waals surface area contributed by atoms with Crippen molar-refractivity contribution in [3.8, 4) is 5.75 Å². The summed E-state index contributed by atoms with van der Waals surface area (Å²) in [5, 5.41) is 0. The lowest BCUT2D eigenvalue weighted by Crippen LogP contribution is -2.21. The van der Waals surface area contributed by atoms with Crippen molar-refractivity contribution in [2.45, 2.75) is 53.0 Å². The molecule has 1 rings (SSSR count). The lowest BCUT2D eigenvalue weighted by Gasteiger charge is -2.15. The first-order valence-electron chi connectivity index (χ1n) is 7.64. The van der Waals surface area contributed by atoms with E-state index in [1.165, 1.54) is 16.7 Å². The minimum atomic E-state index is 0.239. The van der Waals surface area contributed by atoms with Gasteiger partial charge < -0.3 is 15.2 Å². The van der Waals surface area contributed by atoms with Crippen LogP contribution in [0, 0.1) is 13.8 Å². The van der Waals surface area contributed by atoms with E-state index >= 15 is 0 Å². The molecule has 0 spiro atoms. The Balaban J connectivity index is 2.59. The van der Waals surface area contributed by atoms with Crippen molar-refractivity contribution in [2.24, 2.45) is 5.73 Å². The Kier molecular flexibility index (Phi) is 7.63. The summed E-state index contributed by atoms with van der Waals surface area (Å²) >= 11 is 0. The zero-order valence-corrected chi connectivity index (χ0v) is 13.4. The molecule has 0 saturated heterocycles. The second kappa shape index (κ2) is 8.98. The Hall–Kier alpha value is -1.06. The Morgan fingerprint density at radius 1 is 1.05 bits per heavy atom. The molecule has 20 heavy (non-hydrogen) atoms. The molecule has 1 aromatic carbocycles. The fraction of sp³-hybridized carbons (Fsp3) is 0.647. The monoisotopic (exact) mass is 279 g/mol. The first kappa shape index (κ1) is 17.0. The minimum absolute atomic E-state index is 0.239. The summed E-state index contributed by atoms with van der Waals surface area (Å²) in [7, 11) is 0. The second-order valence-corrected chi connectivity index (χ2v) is 5.39. The molecule has 2 N–H and O–H groups in total. The van der Waals surface area contributed by atoms with E-state index in [4.69, 9.17) is 15.2 Å². The Morgan fingerprint density at radius 2 is 1.70 bits per heavy atom. The van der Waals surface area contributed by atoms with E-state index in [9.17, 15) is 0 Å². The number of benzene rings is 1. The van der Waals surface area contributed by atoms with Gasteiger partial charge in [-0.05, 0) is 49.8 Å². The van der Waals surface area contributed by atoms with E-state index in [-0.39, 0.29) is 6.04 Å². The summed E-state index contributed by atoms with van der Waals surface area (Å²) in [6.07, 6.45) is 2.98. The predicted octanol–water partition coefficient (Wildman–Crippen LogP) is 3.39. The van der Waals surface area contributed by atoms with E-state index in [0.29, 0.717) is 13.2 Å². The molecular weight excluding hydrogens is 250 g/mol. The van der Waals surface area contributed by atoms with Crippen molar-refractivity contribution in [2.75, 3.05) is 19.8 Å². The zero-order chi connectivity index (χ0) is 15.0. The summed E-state index contributed by atoms with van der Waals surface area (Å²) in [5.41, 5.74) is 9.68. The third-order valence-corrected chi connectivity index (χ3v) is 3.36. The maximum Gasteiger partial charge on any atom is 0.125 e. The van der Waals surface area contributed by atoms with Crippen LogP contribution in [0.3, 0.4) is 0 Å². The number of ether oxygens (including phenoxy) is 2. The fourth-order valence-electron chi connectivity index (χ4n) is 2.28. The van der Waals surface area contributed by atoms with Gasteiger partial charge in [-0.1, -0.05) is 26.0 Å². The number of hydrogen-bond donors (Lipinski definition) is 1. The maximum absolute atomic E-state index is 6.02. The average molecular weight is 279 g/mol. The lowest BCUT2D eigenvalue weighted by atomic mass is 9.99. The van der Waals surface area contributed by atoms with Gasteiger partial charge in [0.2, 0.25) is 0 Å². The van der Waals surface area contributed by atoms with Gasteiger partial charge in [0.05, 0.1) is 6.61 Å². The Labute approximate surface area is 123 Å². The van der Waals surface area contributed by atoms with Crippen molar-refractivity contribution in [1.29, 1.82) is 0 Å². The average Bonchev–Trinajstić information content (AvgIpc) is 2.41.